The lowest BCUT2D eigenvalue weighted by molar-refractivity contribution is -0.124. The van der Waals surface area contributed by atoms with Gasteiger partial charge in [0.25, 0.3) is 11.5 Å². The number of nitrogens with zero attached hydrogens (tertiary/aromatic N) is 3. The normalized spacial score (nSPS) is 10.5. The number of esters is 1. The molecule has 4 rings (SSSR count). The summed E-state index contributed by atoms with van der Waals surface area (Å²) in [6.45, 7) is 1.49. The number of fused-ring (bicyclic) bond motifs is 1. The summed E-state index contributed by atoms with van der Waals surface area (Å²) in [5, 5.41) is 9.12. The molecule has 1 amide bonds. The van der Waals surface area contributed by atoms with Gasteiger partial charge in [-0.15, -0.1) is 0 Å². The number of hydrogen-bond donors (Lipinski definition) is 1. The smallest absolute Gasteiger partial charge is 0.359 e. The van der Waals surface area contributed by atoms with Crippen LogP contribution in [-0.4, -0.2) is 34.0 Å². The summed E-state index contributed by atoms with van der Waals surface area (Å²) in [6, 6.07) is 25.5. The molecule has 0 radical (unpaired) electrons. The fourth-order valence-corrected chi connectivity index (χ4v) is 3.44. The van der Waals surface area contributed by atoms with Gasteiger partial charge >= 0.3 is 5.97 Å². The van der Waals surface area contributed by atoms with E-state index in [4.69, 9.17) is 4.74 Å². The minimum absolute atomic E-state index is 0.0254. The SMILES string of the molecule is CCn1nc(C(=O)OCC(=O)NN=C(c2ccccc2)c2ccccc2)c2ccccc2c1=O. The topological polar surface area (TPSA) is 103 Å². The van der Waals surface area contributed by atoms with Crippen molar-refractivity contribution >= 4 is 28.4 Å². The van der Waals surface area contributed by atoms with Crippen LogP contribution in [0.4, 0.5) is 0 Å². The molecule has 0 fully saturated rings. The van der Waals surface area contributed by atoms with Crippen LogP contribution in [0.3, 0.4) is 0 Å². The molecule has 0 aliphatic carbocycles. The third-order valence-electron chi connectivity index (χ3n) is 5.08. The monoisotopic (exact) mass is 454 g/mol. The van der Waals surface area contributed by atoms with E-state index >= 15 is 0 Å². The molecule has 0 aliphatic heterocycles. The lowest BCUT2D eigenvalue weighted by Gasteiger charge is -2.10. The van der Waals surface area contributed by atoms with E-state index in [2.05, 4.69) is 15.6 Å². The molecule has 4 aromatic rings. The maximum Gasteiger partial charge on any atom is 0.359 e. The van der Waals surface area contributed by atoms with E-state index in [-0.39, 0.29) is 11.3 Å². The standard InChI is InChI=1S/C26H22N4O4/c1-2-30-25(32)21-16-10-9-15-20(21)24(29-30)26(33)34-17-22(31)27-28-23(18-11-5-3-6-12-18)19-13-7-4-8-14-19/h3-16H,2,17H2,1H3,(H,27,31). The Morgan fingerprint density at radius 1 is 0.882 bits per heavy atom. The van der Waals surface area contributed by atoms with Crippen LogP contribution >= 0.6 is 0 Å². The molecule has 0 atom stereocenters. The summed E-state index contributed by atoms with van der Waals surface area (Å²) in [5.41, 5.74) is 4.35. The van der Waals surface area contributed by atoms with Crippen LogP contribution in [-0.2, 0) is 16.1 Å². The fraction of sp³-hybridized carbons (Fsp3) is 0.115. The Bertz CT molecular complexity index is 1370. The van der Waals surface area contributed by atoms with Crippen molar-refractivity contribution in [2.75, 3.05) is 6.61 Å². The summed E-state index contributed by atoms with van der Waals surface area (Å²) in [7, 11) is 0. The van der Waals surface area contributed by atoms with Crippen molar-refractivity contribution in [2.45, 2.75) is 13.5 Å². The molecule has 0 aliphatic rings. The minimum atomic E-state index is -0.802. The second kappa shape index (κ2) is 10.4. The summed E-state index contributed by atoms with van der Waals surface area (Å²) < 4.78 is 6.37. The number of amides is 1. The fourth-order valence-electron chi connectivity index (χ4n) is 3.44. The molecule has 0 unspecified atom stereocenters. The largest absolute Gasteiger partial charge is 0.451 e. The summed E-state index contributed by atoms with van der Waals surface area (Å²) >= 11 is 0. The first-order chi connectivity index (χ1) is 16.6. The van der Waals surface area contributed by atoms with Crippen molar-refractivity contribution in [2.24, 2.45) is 5.10 Å². The zero-order chi connectivity index (χ0) is 23.9. The van der Waals surface area contributed by atoms with Crippen molar-refractivity contribution in [1.82, 2.24) is 15.2 Å². The van der Waals surface area contributed by atoms with Gasteiger partial charge in [0, 0.05) is 23.1 Å². The van der Waals surface area contributed by atoms with E-state index in [1.165, 1.54) is 4.68 Å². The predicted molar refractivity (Wildman–Crippen MR) is 129 cm³/mol. The molecule has 0 bridgehead atoms. The number of ether oxygens (including phenoxy) is 1. The first-order valence-corrected chi connectivity index (χ1v) is 10.7. The van der Waals surface area contributed by atoms with Crippen LogP contribution in [0.2, 0.25) is 0 Å². The average Bonchev–Trinajstić information content (AvgIpc) is 2.89. The number of carbonyl (C=O) groups is 2. The molecule has 0 saturated carbocycles. The number of hydrazone groups is 1. The molecule has 1 heterocycles. The van der Waals surface area contributed by atoms with Gasteiger partial charge in [-0.3, -0.25) is 9.59 Å². The molecule has 1 N–H and O–H groups in total. The van der Waals surface area contributed by atoms with E-state index in [0.717, 1.165) is 11.1 Å². The molecule has 0 saturated heterocycles. The number of benzene rings is 3. The van der Waals surface area contributed by atoms with Crippen molar-refractivity contribution in [1.29, 1.82) is 0 Å². The molecule has 1 aromatic heterocycles. The highest BCUT2D eigenvalue weighted by molar-refractivity contribution is 6.13. The number of aromatic nitrogens is 2. The lowest BCUT2D eigenvalue weighted by Crippen LogP contribution is -2.29. The summed E-state index contributed by atoms with van der Waals surface area (Å²) in [6.07, 6.45) is 0. The Kier molecular flexibility index (Phi) is 6.88. The lowest BCUT2D eigenvalue weighted by atomic mass is 10.0. The predicted octanol–water partition coefficient (Wildman–Crippen LogP) is 3.14. The van der Waals surface area contributed by atoms with E-state index in [1.54, 1.807) is 31.2 Å². The van der Waals surface area contributed by atoms with E-state index in [9.17, 15) is 14.4 Å². The van der Waals surface area contributed by atoms with Gasteiger partial charge in [-0.05, 0) is 13.0 Å². The second-order valence-corrected chi connectivity index (χ2v) is 7.32. The van der Waals surface area contributed by atoms with Gasteiger partial charge in [0.1, 0.15) is 0 Å². The van der Waals surface area contributed by atoms with Crippen molar-refractivity contribution in [3.05, 3.63) is 112 Å². The first kappa shape index (κ1) is 22.6. The van der Waals surface area contributed by atoms with Gasteiger partial charge in [0.2, 0.25) is 0 Å². The van der Waals surface area contributed by atoms with Crippen LogP contribution in [0, 0.1) is 0 Å². The molecular formula is C26H22N4O4. The van der Waals surface area contributed by atoms with Gasteiger partial charge in [-0.2, -0.15) is 10.2 Å². The summed E-state index contributed by atoms with van der Waals surface area (Å²) in [4.78, 5) is 37.6. The quantitative estimate of drug-likeness (QED) is 0.263. The average molecular weight is 454 g/mol. The van der Waals surface area contributed by atoms with E-state index < -0.39 is 18.5 Å². The Labute approximate surface area is 195 Å². The number of carbonyl (C=O) groups excluding carboxylic acids is 2. The van der Waals surface area contributed by atoms with Crippen molar-refractivity contribution in [3.63, 3.8) is 0 Å². The Balaban J connectivity index is 1.51. The molecular weight excluding hydrogens is 432 g/mol. The van der Waals surface area contributed by atoms with Crippen LogP contribution in [0.5, 0.6) is 0 Å². The number of nitrogens with one attached hydrogen (secondary N) is 1. The van der Waals surface area contributed by atoms with Crippen LogP contribution < -0.4 is 11.0 Å². The highest BCUT2D eigenvalue weighted by atomic mass is 16.5. The molecule has 8 heteroatoms. The third-order valence-corrected chi connectivity index (χ3v) is 5.08. The van der Waals surface area contributed by atoms with Gasteiger partial charge in [-0.1, -0.05) is 78.9 Å². The molecule has 170 valence electrons. The minimum Gasteiger partial charge on any atom is -0.451 e. The maximum atomic E-state index is 12.7. The van der Waals surface area contributed by atoms with Crippen LogP contribution in [0.1, 0.15) is 28.5 Å². The van der Waals surface area contributed by atoms with Gasteiger partial charge in [0.15, 0.2) is 12.3 Å². The van der Waals surface area contributed by atoms with Crippen LogP contribution in [0.15, 0.2) is 94.8 Å². The molecule has 34 heavy (non-hydrogen) atoms. The Hall–Kier alpha value is -4.59. The van der Waals surface area contributed by atoms with Crippen molar-refractivity contribution < 1.29 is 14.3 Å². The van der Waals surface area contributed by atoms with E-state index in [1.807, 2.05) is 60.7 Å². The summed E-state index contributed by atoms with van der Waals surface area (Å²) in [5.74, 6) is -1.41. The number of rotatable bonds is 7. The zero-order valence-corrected chi connectivity index (χ0v) is 18.5. The van der Waals surface area contributed by atoms with Crippen LogP contribution in [0.25, 0.3) is 10.8 Å². The van der Waals surface area contributed by atoms with E-state index in [0.29, 0.717) is 23.0 Å². The maximum absolute atomic E-state index is 12.7. The first-order valence-electron chi connectivity index (χ1n) is 10.7. The number of aryl methyl sites for hydroxylation is 1. The highest BCUT2D eigenvalue weighted by Crippen LogP contribution is 2.14. The zero-order valence-electron chi connectivity index (χ0n) is 18.5. The third kappa shape index (κ3) is 4.91. The van der Waals surface area contributed by atoms with Crippen molar-refractivity contribution in [3.8, 4) is 0 Å². The second-order valence-electron chi connectivity index (χ2n) is 7.32. The number of hydrogen-bond acceptors (Lipinski definition) is 6. The van der Waals surface area contributed by atoms with Gasteiger partial charge in [0.05, 0.1) is 11.1 Å². The molecule has 8 nitrogen and oxygen atoms in total. The van der Waals surface area contributed by atoms with Gasteiger partial charge < -0.3 is 4.74 Å². The molecule has 3 aromatic carbocycles. The Morgan fingerprint density at radius 3 is 2.03 bits per heavy atom. The molecule has 0 spiro atoms. The highest BCUT2D eigenvalue weighted by Gasteiger charge is 2.18. The van der Waals surface area contributed by atoms with Gasteiger partial charge in [-0.25, -0.2) is 14.9 Å². The Morgan fingerprint density at radius 2 is 1.44 bits per heavy atom.